The number of nitrogens with zero attached hydrogens (tertiary/aromatic N) is 2. The van der Waals surface area contributed by atoms with Crippen LogP contribution in [0.2, 0.25) is 0 Å². The van der Waals surface area contributed by atoms with E-state index in [0.29, 0.717) is 18.2 Å². The van der Waals surface area contributed by atoms with Gasteiger partial charge in [0, 0.05) is 13.1 Å². The normalized spacial score (nSPS) is 10.4. The molecule has 2 N–H and O–H groups in total. The predicted octanol–water partition coefficient (Wildman–Crippen LogP) is 3.76. The van der Waals surface area contributed by atoms with Gasteiger partial charge in [-0.05, 0) is 31.8 Å². The van der Waals surface area contributed by atoms with Gasteiger partial charge in [-0.1, -0.05) is 12.8 Å². The van der Waals surface area contributed by atoms with Crippen LogP contribution in [0.3, 0.4) is 0 Å². The molecular weight excluding hydrogens is 288 g/mol. The van der Waals surface area contributed by atoms with E-state index in [9.17, 15) is 10.1 Å². The Morgan fingerprint density at radius 1 is 1.19 bits per heavy atom. The number of hydrogen-bond donors (Lipinski definition) is 2. The number of nitro groups is 1. The molecule has 0 saturated carbocycles. The second-order valence-corrected chi connectivity index (χ2v) is 5.70. The lowest BCUT2D eigenvalue weighted by Crippen LogP contribution is -2.07. The zero-order valence-corrected chi connectivity index (χ0v) is 13.5. The van der Waals surface area contributed by atoms with Crippen molar-refractivity contribution in [3.8, 4) is 0 Å². The summed E-state index contributed by atoms with van der Waals surface area (Å²) in [6, 6.07) is 2.94. The van der Waals surface area contributed by atoms with E-state index in [1.54, 1.807) is 0 Å². The predicted molar refractivity (Wildman–Crippen MR) is 90.4 cm³/mol. The first-order chi connectivity index (χ1) is 10.2. The van der Waals surface area contributed by atoms with Gasteiger partial charge in [-0.2, -0.15) is 11.8 Å². The highest BCUT2D eigenvalue weighted by atomic mass is 32.2. The van der Waals surface area contributed by atoms with E-state index in [-0.39, 0.29) is 5.69 Å². The first-order valence-corrected chi connectivity index (χ1v) is 8.70. The molecule has 0 atom stereocenters. The van der Waals surface area contributed by atoms with Crippen molar-refractivity contribution < 1.29 is 4.92 Å². The highest BCUT2D eigenvalue weighted by Crippen LogP contribution is 2.20. The Morgan fingerprint density at radius 3 is 2.48 bits per heavy atom. The van der Waals surface area contributed by atoms with Crippen molar-refractivity contribution in [3.63, 3.8) is 0 Å². The summed E-state index contributed by atoms with van der Waals surface area (Å²) >= 11 is 1.88. The molecule has 7 heteroatoms. The van der Waals surface area contributed by atoms with Crippen LogP contribution >= 0.6 is 11.8 Å². The summed E-state index contributed by atoms with van der Waals surface area (Å²) in [7, 11) is 0. The lowest BCUT2D eigenvalue weighted by atomic mass is 10.2. The molecule has 0 aromatic carbocycles. The molecule has 118 valence electrons. The van der Waals surface area contributed by atoms with Crippen molar-refractivity contribution in [1.29, 1.82) is 0 Å². The second kappa shape index (κ2) is 10.3. The lowest BCUT2D eigenvalue weighted by molar-refractivity contribution is -0.384. The third-order valence-electron chi connectivity index (χ3n) is 2.96. The maximum atomic E-state index is 10.9. The van der Waals surface area contributed by atoms with Crippen LogP contribution in [0.15, 0.2) is 12.1 Å². The molecule has 0 aliphatic carbocycles. The van der Waals surface area contributed by atoms with E-state index < -0.39 is 4.92 Å². The van der Waals surface area contributed by atoms with Gasteiger partial charge in [-0.15, -0.1) is 0 Å². The van der Waals surface area contributed by atoms with E-state index >= 15 is 0 Å². The molecule has 0 aliphatic rings. The van der Waals surface area contributed by atoms with Crippen molar-refractivity contribution in [1.82, 2.24) is 4.98 Å². The average molecular weight is 312 g/mol. The molecule has 1 heterocycles. The van der Waals surface area contributed by atoms with Crippen molar-refractivity contribution in [2.24, 2.45) is 0 Å². The quantitative estimate of drug-likeness (QED) is 0.368. The van der Waals surface area contributed by atoms with Gasteiger partial charge in [0.2, 0.25) is 0 Å². The number of anilines is 2. The Bertz CT molecular complexity index is 443. The van der Waals surface area contributed by atoms with Crippen LogP contribution in [0.25, 0.3) is 0 Å². The maximum absolute atomic E-state index is 10.9. The summed E-state index contributed by atoms with van der Waals surface area (Å²) < 4.78 is 0. The van der Waals surface area contributed by atoms with Crippen LogP contribution in [-0.4, -0.2) is 35.0 Å². The third-order valence-corrected chi connectivity index (χ3v) is 3.66. The fourth-order valence-electron chi connectivity index (χ4n) is 1.93. The molecule has 6 nitrogen and oxygen atoms in total. The van der Waals surface area contributed by atoms with Crippen molar-refractivity contribution in [3.05, 3.63) is 22.2 Å². The lowest BCUT2D eigenvalue weighted by Gasteiger charge is -2.08. The van der Waals surface area contributed by atoms with Gasteiger partial charge < -0.3 is 10.6 Å². The fourth-order valence-corrected chi connectivity index (χ4v) is 2.42. The molecule has 21 heavy (non-hydrogen) atoms. The van der Waals surface area contributed by atoms with Crippen LogP contribution in [-0.2, 0) is 0 Å². The standard InChI is InChI=1S/C14H24N4O2S/c1-3-15-13-10-12(18(19)20)11-14(17-13)16-8-6-4-5-7-9-21-2/h10-11H,3-9H2,1-2H3,(H2,15,16,17). The molecule has 0 spiro atoms. The van der Waals surface area contributed by atoms with Gasteiger partial charge in [-0.3, -0.25) is 10.1 Å². The highest BCUT2D eigenvalue weighted by Gasteiger charge is 2.10. The summed E-state index contributed by atoms with van der Waals surface area (Å²) in [4.78, 5) is 14.8. The number of nitrogens with one attached hydrogen (secondary N) is 2. The van der Waals surface area contributed by atoms with Gasteiger partial charge in [0.1, 0.15) is 11.6 Å². The molecule has 1 aromatic heterocycles. The largest absolute Gasteiger partial charge is 0.370 e. The van der Waals surface area contributed by atoms with Crippen LogP contribution in [0.4, 0.5) is 17.3 Å². The topological polar surface area (TPSA) is 80.1 Å². The third kappa shape index (κ3) is 7.17. The van der Waals surface area contributed by atoms with E-state index in [1.165, 1.54) is 37.1 Å². The summed E-state index contributed by atoms with van der Waals surface area (Å²) in [6.07, 6.45) is 6.82. The van der Waals surface area contributed by atoms with Crippen LogP contribution in [0.5, 0.6) is 0 Å². The number of rotatable bonds is 11. The molecule has 0 fully saturated rings. The minimum atomic E-state index is -0.393. The number of hydrogen-bond acceptors (Lipinski definition) is 6. The number of thioether (sulfide) groups is 1. The molecule has 0 bridgehead atoms. The molecule has 0 radical (unpaired) electrons. The zero-order valence-electron chi connectivity index (χ0n) is 12.7. The van der Waals surface area contributed by atoms with Gasteiger partial charge in [0.25, 0.3) is 5.69 Å². The number of pyridine rings is 1. The van der Waals surface area contributed by atoms with Crippen molar-refractivity contribution in [2.45, 2.75) is 32.6 Å². The smallest absolute Gasteiger partial charge is 0.276 e. The molecule has 0 aliphatic heterocycles. The first kappa shape index (κ1) is 17.6. The Kier molecular flexibility index (Phi) is 8.57. The van der Waals surface area contributed by atoms with Crippen LogP contribution < -0.4 is 10.6 Å². The first-order valence-electron chi connectivity index (χ1n) is 7.30. The molecular formula is C14H24N4O2S. The monoisotopic (exact) mass is 312 g/mol. The van der Waals surface area contributed by atoms with E-state index in [2.05, 4.69) is 21.9 Å². The minimum absolute atomic E-state index is 0.0587. The van der Waals surface area contributed by atoms with E-state index in [1.807, 2.05) is 18.7 Å². The summed E-state index contributed by atoms with van der Waals surface area (Å²) in [5.74, 6) is 2.31. The highest BCUT2D eigenvalue weighted by molar-refractivity contribution is 7.98. The molecule has 1 rings (SSSR count). The van der Waals surface area contributed by atoms with Gasteiger partial charge in [0.15, 0.2) is 0 Å². The van der Waals surface area contributed by atoms with E-state index in [0.717, 1.165) is 13.0 Å². The van der Waals surface area contributed by atoms with Gasteiger partial charge >= 0.3 is 0 Å². The van der Waals surface area contributed by atoms with E-state index in [4.69, 9.17) is 0 Å². The van der Waals surface area contributed by atoms with Gasteiger partial charge in [0.05, 0.1) is 17.1 Å². The molecule has 0 saturated heterocycles. The average Bonchev–Trinajstić information content (AvgIpc) is 2.46. The summed E-state index contributed by atoms with van der Waals surface area (Å²) in [5.41, 5.74) is 0.0587. The molecule has 1 aromatic rings. The summed E-state index contributed by atoms with van der Waals surface area (Å²) in [6.45, 7) is 3.41. The zero-order chi connectivity index (χ0) is 15.5. The van der Waals surface area contributed by atoms with Crippen LogP contribution in [0, 0.1) is 10.1 Å². The minimum Gasteiger partial charge on any atom is -0.370 e. The Labute approximate surface area is 130 Å². The Morgan fingerprint density at radius 2 is 1.86 bits per heavy atom. The van der Waals surface area contributed by atoms with Crippen molar-refractivity contribution >= 4 is 29.1 Å². The van der Waals surface area contributed by atoms with Crippen LogP contribution in [0.1, 0.15) is 32.6 Å². The SMILES string of the molecule is CCNc1cc([N+](=O)[O-])cc(NCCCCCCSC)n1. The maximum Gasteiger partial charge on any atom is 0.276 e. The Balaban J connectivity index is 2.44. The molecule has 0 unspecified atom stereocenters. The van der Waals surface area contributed by atoms with Gasteiger partial charge in [-0.25, -0.2) is 4.98 Å². The second-order valence-electron chi connectivity index (χ2n) is 4.72. The Hall–Kier alpha value is -1.50. The number of unbranched alkanes of at least 4 members (excludes halogenated alkanes) is 3. The number of aromatic nitrogens is 1. The molecule has 0 amide bonds. The fraction of sp³-hybridized carbons (Fsp3) is 0.643. The van der Waals surface area contributed by atoms with Crippen molar-refractivity contribution in [2.75, 3.05) is 35.7 Å². The summed E-state index contributed by atoms with van der Waals surface area (Å²) in [5, 5.41) is 17.1.